The molecule has 0 bridgehead atoms. The summed E-state index contributed by atoms with van der Waals surface area (Å²) in [6.07, 6.45) is 5.33. The number of nitrogens with one attached hydrogen (secondary N) is 1. The number of aromatic nitrogens is 3. The zero-order valence-electron chi connectivity index (χ0n) is 11.3. The quantitative estimate of drug-likeness (QED) is 0.912. The second-order valence-electron chi connectivity index (χ2n) is 5.01. The van der Waals surface area contributed by atoms with Crippen LogP contribution in [0.25, 0.3) is 0 Å². The first-order chi connectivity index (χ1) is 9.63. The fourth-order valence-corrected chi connectivity index (χ4v) is 1.77. The highest BCUT2D eigenvalue weighted by molar-refractivity contribution is 6.02. The first-order valence-corrected chi connectivity index (χ1v) is 6.41. The van der Waals surface area contributed by atoms with Gasteiger partial charge < -0.3 is 14.7 Å². The van der Waals surface area contributed by atoms with Crippen molar-refractivity contribution in [3.63, 3.8) is 0 Å². The molecule has 3 rings (SSSR count). The van der Waals surface area contributed by atoms with Crippen LogP contribution in [0.15, 0.2) is 23.0 Å². The van der Waals surface area contributed by atoms with Gasteiger partial charge in [0.2, 0.25) is 5.95 Å². The van der Waals surface area contributed by atoms with Gasteiger partial charge in [-0.25, -0.2) is 9.97 Å². The third-order valence-electron chi connectivity index (χ3n) is 3.04. The summed E-state index contributed by atoms with van der Waals surface area (Å²) >= 11 is 0. The molecule has 2 heterocycles. The minimum absolute atomic E-state index is 0.281. The molecule has 2 aromatic heterocycles. The molecular formula is C13H15N5O2. The summed E-state index contributed by atoms with van der Waals surface area (Å²) < 4.78 is 5.15. The van der Waals surface area contributed by atoms with Crippen molar-refractivity contribution in [3.05, 3.63) is 29.9 Å². The number of hydrogen-bond donors (Lipinski definition) is 1. The first kappa shape index (κ1) is 12.6. The lowest BCUT2D eigenvalue weighted by atomic mass is 10.3. The summed E-state index contributed by atoms with van der Waals surface area (Å²) in [6.45, 7) is 0. The highest BCUT2D eigenvalue weighted by atomic mass is 16.5. The Kier molecular flexibility index (Phi) is 3.09. The number of nitrogens with zero attached hydrogens (tertiary/aromatic N) is 4. The van der Waals surface area contributed by atoms with Crippen LogP contribution in [0.3, 0.4) is 0 Å². The number of carbonyl (C=O) groups is 1. The maximum absolute atomic E-state index is 12.0. The molecule has 0 aromatic carbocycles. The average molecular weight is 273 g/mol. The van der Waals surface area contributed by atoms with Crippen molar-refractivity contribution in [1.29, 1.82) is 0 Å². The van der Waals surface area contributed by atoms with E-state index in [9.17, 15) is 4.79 Å². The van der Waals surface area contributed by atoms with Gasteiger partial charge in [-0.2, -0.15) is 0 Å². The van der Waals surface area contributed by atoms with Crippen molar-refractivity contribution in [1.82, 2.24) is 15.1 Å². The predicted molar refractivity (Wildman–Crippen MR) is 72.8 cm³/mol. The van der Waals surface area contributed by atoms with Crippen LogP contribution >= 0.6 is 0 Å². The van der Waals surface area contributed by atoms with E-state index in [2.05, 4.69) is 20.4 Å². The molecule has 0 radical (unpaired) electrons. The maximum atomic E-state index is 12.0. The first-order valence-electron chi connectivity index (χ1n) is 6.41. The monoisotopic (exact) mass is 273 g/mol. The van der Waals surface area contributed by atoms with Crippen molar-refractivity contribution in [2.24, 2.45) is 0 Å². The van der Waals surface area contributed by atoms with Crippen LogP contribution in [-0.2, 0) is 0 Å². The summed E-state index contributed by atoms with van der Waals surface area (Å²) in [4.78, 5) is 22.0. The molecule has 1 N–H and O–H groups in total. The minimum atomic E-state index is -0.318. The molecule has 1 fully saturated rings. The van der Waals surface area contributed by atoms with E-state index >= 15 is 0 Å². The van der Waals surface area contributed by atoms with Crippen molar-refractivity contribution >= 4 is 17.5 Å². The summed E-state index contributed by atoms with van der Waals surface area (Å²) in [6, 6.07) is 1.70. The molecule has 7 nitrogen and oxygen atoms in total. The number of hydrogen-bond acceptors (Lipinski definition) is 6. The van der Waals surface area contributed by atoms with Gasteiger partial charge in [-0.05, 0) is 12.8 Å². The molecule has 1 aliphatic carbocycles. The van der Waals surface area contributed by atoms with Gasteiger partial charge in [0, 0.05) is 26.1 Å². The normalized spacial score (nSPS) is 14.1. The lowest BCUT2D eigenvalue weighted by Gasteiger charge is -2.09. The Bertz CT molecular complexity index is 616. The van der Waals surface area contributed by atoms with Crippen LogP contribution < -0.4 is 10.2 Å². The van der Waals surface area contributed by atoms with Gasteiger partial charge in [-0.1, -0.05) is 5.16 Å². The van der Waals surface area contributed by atoms with E-state index in [1.54, 1.807) is 23.4 Å². The molecule has 104 valence electrons. The highest BCUT2D eigenvalue weighted by Gasteiger charge is 2.28. The molecule has 0 aliphatic heterocycles. The van der Waals surface area contributed by atoms with Crippen LogP contribution in [-0.4, -0.2) is 35.1 Å². The third-order valence-corrected chi connectivity index (χ3v) is 3.04. The Balaban J connectivity index is 1.68. The SMILES string of the molecule is CN(C)c1ncc(NC(=O)c2cc(C3CC3)on2)cn1. The zero-order valence-corrected chi connectivity index (χ0v) is 11.3. The standard InChI is InChI=1S/C13H15N5O2/c1-18(2)13-14-6-9(7-15-13)16-12(19)10-5-11(20-17-10)8-3-4-8/h5-8H,3-4H2,1-2H3,(H,16,19). The Morgan fingerprint density at radius 2 is 2.05 bits per heavy atom. The lowest BCUT2D eigenvalue weighted by Crippen LogP contribution is -2.15. The molecule has 1 saturated carbocycles. The molecule has 0 unspecified atom stereocenters. The highest BCUT2D eigenvalue weighted by Crippen LogP contribution is 2.40. The van der Waals surface area contributed by atoms with Crippen molar-refractivity contribution < 1.29 is 9.32 Å². The Hall–Kier alpha value is -2.44. The van der Waals surface area contributed by atoms with Gasteiger partial charge in [0.25, 0.3) is 5.91 Å². The van der Waals surface area contributed by atoms with E-state index in [0.717, 1.165) is 18.6 Å². The second-order valence-corrected chi connectivity index (χ2v) is 5.01. The van der Waals surface area contributed by atoms with Crippen LogP contribution in [0.1, 0.15) is 35.0 Å². The van der Waals surface area contributed by atoms with Crippen LogP contribution in [0.4, 0.5) is 11.6 Å². The van der Waals surface area contributed by atoms with Gasteiger partial charge in [-0.3, -0.25) is 4.79 Å². The van der Waals surface area contributed by atoms with Gasteiger partial charge in [0.05, 0.1) is 18.1 Å². The molecule has 20 heavy (non-hydrogen) atoms. The van der Waals surface area contributed by atoms with Gasteiger partial charge >= 0.3 is 0 Å². The van der Waals surface area contributed by atoms with Crippen LogP contribution in [0.5, 0.6) is 0 Å². The number of anilines is 2. The topological polar surface area (TPSA) is 84.2 Å². The molecule has 7 heteroatoms. The third kappa shape index (κ3) is 2.61. The van der Waals surface area contributed by atoms with E-state index in [4.69, 9.17) is 4.52 Å². The Morgan fingerprint density at radius 1 is 1.35 bits per heavy atom. The van der Waals surface area contributed by atoms with Crippen molar-refractivity contribution in [2.75, 3.05) is 24.3 Å². The van der Waals surface area contributed by atoms with Gasteiger partial charge in [-0.15, -0.1) is 0 Å². The zero-order chi connectivity index (χ0) is 14.1. The van der Waals surface area contributed by atoms with E-state index in [-0.39, 0.29) is 11.6 Å². The molecule has 1 amide bonds. The van der Waals surface area contributed by atoms with E-state index < -0.39 is 0 Å². The van der Waals surface area contributed by atoms with Crippen molar-refractivity contribution in [3.8, 4) is 0 Å². The summed E-state index contributed by atoms with van der Waals surface area (Å²) in [5, 5.41) is 6.48. The lowest BCUT2D eigenvalue weighted by molar-refractivity contribution is 0.101. The van der Waals surface area contributed by atoms with E-state index in [0.29, 0.717) is 17.6 Å². The molecule has 0 atom stereocenters. The Labute approximate surface area is 116 Å². The summed E-state index contributed by atoms with van der Waals surface area (Å²) in [5.41, 5.74) is 0.806. The number of carbonyl (C=O) groups excluding carboxylic acids is 1. The summed E-state index contributed by atoms with van der Waals surface area (Å²) in [7, 11) is 3.70. The summed E-state index contributed by atoms with van der Waals surface area (Å²) in [5.74, 6) is 1.49. The smallest absolute Gasteiger partial charge is 0.277 e. The van der Waals surface area contributed by atoms with Crippen LogP contribution in [0.2, 0.25) is 0 Å². The number of amides is 1. The molecule has 0 spiro atoms. The second kappa shape index (κ2) is 4.92. The molecule has 0 saturated heterocycles. The van der Waals surface area contributed by atoms with Gasteiger partial charge in [0.15, 0.2) is 5.69 Å². The molecule has 1 aliphatic rings. The fraction of sp³-hybridized carbons (Fsp3) is 0.385. The van der Waals surface area contributed by atoms with Gasteiger partial charge in [0.1, 0.15) is 5.76 Å². The molecule has 2 aromatic rings. The van der Waals surface area contributed by atoms with E-state index in [1.807, 2.05) is 14.1 Å². The van der Waals surface area contributed by atoms with E-state index in [1.165, 1.54) is 0 Å². The predicted octanol–water partition coefficient (Wildman–Crippen LogP) is 1.66. The maximum Gasteiger partial charge on any atom is 0.277 e. The largest absolute Gasteiger partial charge is 0.360 e. The Morgan fingerprint density at radius 3 is 2.65 bits per heavy atom. The van der Waals surface area contributed by atoms with Crippen LogP contribution in [0, 0.1) is 0 Å². The van der Waals surface area contributed by atoms with Crippen molar-refractivity contribution in [2.45, 2.75) is 18.8 Å². The fourth-order valence-electron chi connectivity index (χ4n) is 1.77. The average Bonchev–Trinajstić information content (AvgIpc) is 3.17. The molecular weight excluding hydrogens is 258 g/mol. The minimum Gasteiger partial charge on any atom is -0.360 e. The number of rotatable bonds is 4.